The van der Waals surface area contributed by atoms with Crippen LogP contribution in [0, 0.1) is 12.7 Å². The lowest BCUT2D eigenvalue weighted by molar-refractivity contribution is -0.126. The van der Waals surface area contributed by atoms with Gasteiger partial charge in [0.25, 0.3) is 13.9 Å². The summed E-state index contributed by atoms with van der Waals surface area (Å²) >= 11 is 1.18. The Morgan fingerprint density at radius 3 is 2.30 bits per heavy atom. The third-order valence-corrected chi connectivity index (χ3v) is 16.7. The molecule has 2 N–H and O–H groups in total. The van der Waals surface area contributed by atoms with Crippen LogP contribution in [0.3, 0.4) is 0 Å². The number of piperidine rings is 1. The van der Waals surface area contributed by atoms with Gasteiger partial charge in [0.1, 0.15) is 33.5 Å². The largest absolute Gasteiger partial charge is 0.496 e. The Hall–Kier alpha value is -5.22. The first-order valence-corrected chi connectivity index (χ1v) is 21.4. The van der Waals surface area contributed by atoms with Gasteiger partial charge in [0.15, 0.2) is 0 Å². The number of carbonyl (C=O) groups excluding carboxylic acids is 1. The first kappa shape index (κ1) is 39.0. The molecule has 1 unspecified atom stereocenters. The Morgan fingerprint density at radius 2 is 1.68 bits per heavy atom. The van der Waals surface area contributed by atoms with E-state index < -0.39 is 48.5 Å². The number of carbonyl (C=O) groups is 1. The predicted octanol–water partition coefficient (Wildman–Crippen LogP) is 4.78. The molecule has 1 saturated heterocycles. The molecule has 292 valence electrons. The monoisotopic (exact) mass is 796 g/mol. The van der Waals surface area contributed by atoms with E-state index in [9.17, 15) is 19.2 Å². The highest BCUT2D eigenvalue weighted by atomic mass is 32.1. The second kappa shape index (κ2) is 16.1. The fourth-order valence-electron chi connectivity index (χ4n) is 7.89. The molecule has 12 nitrogen and oxygen atoms in total. The molecule has 1 aliphatic rings. The number of methoxy groups -OCH3 is 1. The van der Waals surface area contributed by atoms with Crippen molar-refractivity contribution in [3.8, 4) is 10.8 Å². The first-order valence-electron chi connectivity index (χ1n) is 18.7. The Balaban J connectivity index is 1.28. The number of nitrogens with zero attached hydrogens (tertiary/aromatic N) is 5. The van der Waals surface area contributed by atoms with E-state index in [1.165, 1.54) is 58.4 Å². The van der Waals surface area contributed by atoms with E-state index in [0.717, 1.165) is 14.9 Å². The van der Waals surface area contributed by atoms with Crippen LogP contribution in [0.5, 0.6) is 5.75 Å². The number of benzene rings is 3. The highest BCUT2D eigenvalue weighted by Gasteiger charge is 2.49. The third kappa shape index (κ3) is 7.15. The number of nitrogens with one attached hydrogen (secondary N) is 1. The van der Waals surface area contributed by atoms with Crippen LogP contribution < -0.4 is 31.7 Å². The van der Waals surface area contributed by atoms with Crippen molar-refractivity contribution in [3.05, 3.63) is 129 Å². The molecule has 0 aliphatic carbocycles. The number of ether oxygens (including phenoxy) is 2. The maximum absolute atomic E-state index is 15.0. The van der Waals surface area contributed by atoms with Crippen molar-refractivity contribution in [2.75, 3.05) is 20.3 Å². The number of halogens is 1. The van der Waals surface area contributed by atoms with E-state index >= 15 is 4.39 Å². The van der Waals surface area contributed by atoms with E-state index in [4.69, 9.17) is 9.47 Å². The maximum Gasteiger partial charge on any atom is 0.332 e. The van der Waals surface area contributed by atoms with Gasteiger partial charge in [0.2, 0.25) is 5.91 Å². The van der Waals surface area contributed by atoms with Crippen LogP contribution in [0.1, 0.15) is 62.8 Å². The molecular weight excluding hydrogens is 752 g/mol. The lowest BCUT2D eigenvalue weighted by atomic mass is 10.1. The summed E-state index contributed by atoms with van der Waals surface area (Å²) in [6.07, 6.45) is 4.14. The standard InChI is InChI=1S/C41H45FN6O6SSi/c1-27-35-37(50)47(32-17-11-21-43-36(32)49)40(51)46(39(35)55-38(27)48-44-22-23-45-48)26-34(31-25-28(42)18-19-33(31)53-4)54-24-12-20-41(2,3)56(52,29-13-7-5-8-14-29)30-15-9-6-10-16-30/h5-10,13-16,18-19,22-23,25,32,34,52H,11-12,17,20-21,24,26H2,1-4H3,(H,43,49)/t32?,34-/m0/s1. The van der Waals surface area contributed by atoms with Gasteiger partial charge in [-0.25, -0.2) is 13.8 Å². The Kier molecular flexibility index (Phi) is 11.2. The number of aromatic nitrogens is 5. The van der Waals surface area contributed by atoms with Gasteiger partial charge in [-0.1, -0.05) is 85.8 Å². The predicted molar refractivity (Wildman–Crippen MR) is 216 cm³/mol. The molecule has 2 atom stereocenters. The van der Waals surface area contributed by atoms with Gasteiger partial charge in [-0.15, -0.1) is 4.80 Å². The van der Waals surface area contributed by atoms with Crippen LogP contribution in [0.4, 0.5) is 4.39 Å². The summed E-state index contributed by atoms with van der Waals surface area (Å²) in [6.45, 7) is 6.44. The molecular formula is C41H45FN6O6SSi. The second-order valence-corrected chi connectivity index (χ2v) is 19.6. The zero-order chi connectivity index (χ0) is 39.6. The normalized spacial score (nSPS) is 15.5. The van der Waals surface area contributed by atoms with Crippen LogP contribution in [0.15, 0.2) is 101 Å². The average molecular weight is 797 g/mol. The number of rotatable bonds is 14. The minimum atomic E-state index is -3.30. The van der Waals surface area contributed by atoms with Crippen molar-refractivity contribution in [1.29, 1.82) is 0 Å². The van der Waals surface area contributed by atoms with Crippen LogP contribution in [0.25, 0.3) is 15.2 Å². The van der Waals surface area contributed by atoms with E-state index in [1.807, 2.05) is 60.7 Å². The van der Waals surface area contributed by atoms with Crippen molar-refractivity contribution in [1.82, 2.24) is 29.4 Å². The fourth-order valence-corrected chi connectivity index (χ4v) is 12.9. The van der Waals surface area contributed by atoms with E-state index in [1.54, 1.807) is 6.92 Å². The molecule has 0 saturated carbocycles. The molecule has 6 aromatic rings. The third-order valence-electron chi connectivity index (χ3n) is 10.9. The van der Waals surface area contributed by atoms with E-state index in [2.05, 4.69) is 29.4 Å². The molecule has 3 aromatic carbocycles. The van der Waals surface area contributed by atoms with E-state index in [0.29, 0.717) is 58.9 Å². The fraction of sp³-hybridized carbons (Fsp3) is 0.341. The first-order chi connectivity index (χ1) is 27.0. The number of hydrogen-bond donors (Lipinski definition) is 2. The quantitative estimate of drug-likeness (QED) is 0.119. The number of hydrogen-bond acceptors (Lipinski definition) is 9. The minimum absolute atomic E-state index is 0.133. The Morgan fingerprint density at radius 1 is 1.02 bits per heavy atom. The topological polar surface area (TPSA) is 142 Å². The van der Waals surface area contributed by atoms with Crippen molar-refractivity contribution in [2.24, 2.45) is 0 Å². The van der Waals surface area contributed by atoms with Gasteiger partial charge in [0.05, 0.1) is 31.4 Å². The molecule has 1 aliphatic heterocycles. The molecule has 0 radical (unpaired) electrons. The maximum atomic E-state index is 15.0. The molecule has 56 heavy (non-hydrogen) atoms. The highest BCUT2D eigenvalue weighted by molar-refractivity contribution is 7.21. The van der Waals surface area contributed by atoms with Crippen LogP contribution >= 0.6 is 11.3 Å². The molecule has 3 aromatic heterocycles. The van der Waals surface area contributed by atoms with E-state index in [-0.39, 0.29) is 18.5 Å². The summed E-state index contributed by atoms with van der Waals surface area (Å²) in [4.78, 5) is 56.5. The summed E-state index contributed by atoms with van der Waals surface area (Å²) in [6, 6.07) is 22.7. The van der Waals surface area contributed by atoms with Crippen molar-refractivity contribution in [3.63, 3.8) is 0 Å². The molecule has 1 fully saturated rings. The zero-order valence-electron chi connectivity index (χ0n) is 31.8. The Bertz CT molecular complexity index is 2410. The average Bonchev–Trinajstić information content (AvgIpc) is 3.86. The molecule has 1 amide bonds. The summed E-state index contributed by atoms with van der Waals surface area (Å²) < 4.78 is 29.8. The van der Waals surface area contributed by atoms with Crippen molar-refractivity contribution in [2.45, 2.75) is 70.2 Å². The smallest absolute Gasteiger partial charge is 0.332 e. The summed E-state index contributed by atoms with van der Waals surface area (Å²) in [7, 11) is -1.82. The van der Waals surface area contributed by atoms with Gasteiger partial charge in [-0.05, 0) is 66.2 Å². The number of aryl methyl sites for hydroxylation is 1. The number of fused-ring (bicyclic) bond motifs is 1. The highest BCUT2D eigenvalue weighted by Crippen LogP contribution is 2.40. The summed E-state index contributed by atoms with van der Waals surface area (Å²) in [5.41, 5.74) is -0.326. The lowest BCUT2D eigenvalue weighted by Crippen LogP contribution is -2.65. The number of amides is 1. The summed E-state index contributed by atoms with van der Waals surface area (Å²) in [5.74, 6) is -0.558. The van der Waals surface area contributed by atoms with Crippen LogP contribution in [-0.2, 0) is 16.1 Å². The number of thiophene rings is 1. The zero-order valence-corrected chi connectivity index (χ0v) is 33.6. The van der Waals surface area contributed by atoms with Gasteiger partial charge >= 0.3 is 5.69 Å². The van der Waals surface area contributed by atoms with Crippen molar-refractivity contribution < 1.29 is 23.5 Å². The Labute approximate surface area is 328 Å². The van der Waals surface area contributed by atoms with Crippen LogP contribution in [-0.4, -0.2) is 63.4 Å². The lowest BCUT2D eigenvalue weighted by Gasteiger charge is -2.41. The SMILES string of the molecule is COc1ccc(F)cc1[C@H](Cn1c(=O)n(C2CCCNC2=O)c(=O)c2c(C)c(-n3nccn3)sc21)OCCCC(C)(C)[Si](O)(c1ccccc1)c1ccccc1. The van der Waals surface area contributed by atoms with Gasteiger partial charge < -0.3 is 19.6 Å². The van der Waals surface area contributed by atoms with Crippen LogP contribution in [0.2, 0.25) is 5.04 Å². The molecule has 0 bridgehead atoms. The molecule has 7 rings (SSSR count). The summed E-state index contributed by atoms with van der Waals surface area (Å²) in [5, 5.41) is 13.4. The minimum Gasteiger partial charge on any atom is -0.496 e. The molecule has 4 heterocycles. The van der Waals surface area contributed by atoms with Crippen molar-refractivity contribution >= 4 is 46.2 Å². The van der Waals surface area contributed by atoms with Gasteiger partial charge in [0, 0.05) is 24.3 Å². The van der Waals surface area contributed by atoms with Gasteiger partial charge in [-0.2, -0.15) is 10.2 Å². The van der Waals surface area contributed by atoms with Gasteiger partial charge in [-0.3, -0.25) is 14.2 Å². The second-order valence-electron chi connectivity index (χ2n) is 14.7. The molecule has 0 spiro atoms. The molecule has 15 heteroatoms.